The average Bonchev–Trinajstić information content (AvgIpc) is 2.97. The number of carbonyl (C=O) groups excluding carboxylic acids is 1. The Labute approximate surface area is 180 Å². The van der Waals surface area contributed by atoms with Crippen LogP contribution in [0.5, 0.6) is 0 Å². The van der Waals surface area contributed by atoms with E-state index < -0.39 is 11.6 Å². The van der Waals surface area contributed by atoms with E-state index in [1.165, 1.54) is 25.3 Å². The predicted molar refractivity (Wildman–Crippen MR) is 113 cm³/mol. The molecule has 1 aromatic carbocycles. The Hall–Kier alpha value is -2.61. The molecule has 164 valence electrons. The van der Waals surface area contributed by atoms with Crippen molar-refractivity contribution in [1.29, 1.82) is 0 Å². The maximum Gasteiger partial charge on any atom is 0.253 e. The first-order valence-corrected chi connectivity index (χ1v) is 11.2. The Morgan fingerprint density at radius 1 is 0.968 bits per heavy atom. The minimum atomic E-state index is -1.00. The third-order valence-corrected chi connectivity index (χ3v) is 6.85. The van der Waals surface area contributed by atoms with Crippen LogP contribution in [0, 0.1) is 11.6 Å². The second-order valence-corrected chi connectivity index (χ2v) is 8.67. The number of piperazine rings is 1. The topological polar surface area (TPSA) is 52.6 Å². The number of nitrogens with zero attached hydrogens (tertiary/aromatic N) is 5. The summed E-state index contributed by atoms with van der Waals surface area (Å²) in [5, 5.41) is 0. The van der Waals surface area contributed by atoms with E-state index in [0.717, 1.165) is 61.6 Å². The minimum absolute atomic E-state index is 0.168. The summed E-state index contributed by atoms with van der Waals surface area (Å²) in [6.45, 7) is 5.00. The fourth-order valence-electron chi connectivity index (χ4n) is 4.67. The molecule has 0 N–H and O–H groups in total. The molecule has 31 heavy (non-hydrogen) atoms. The van der Waals surface area contributed by atoms with Crippen LogP contribution in [0.1, 0.15) is 40.9 Å². The lowest BCUT2D eigenvalue weighted by atomic mass is 9.91. The summed E-state index contributed by atoms with van der Waals surface area (Å²) in [4.78, 5) is 28.8. The first-order valence-electron chi connectivity index (χ1n) is 11.2. The molecule has 2 fully saturated rings. The highest BCUT2D eigenvalue weighted by Gasteiger charge is 2.29. The second-order valence-electron chi connectivity index (χ2n) is 8.67. The summed E-state index contributed by atoms with van der Waals surface area (Å²) in [7, 11) is 0. The van der Waals surface area contributed by atoms with Crippen LogP contribution in [0.3, 0.4) is 0 Å². The highest BCUT2D eigenvalue weighted by molar-refractivity contribution is 5.94. The molecule has 0 spiro atoms. The van der Waals surface area contributed by atoms with Crippen LogP contribution in [0.2, 0.25) is 0 Å². The summed E-state index contributed by atoms with van der Waals surface area (Å²) in [5.41, 5.74) is 2.20. The van der Waals surface area contributed by atoms with Gasteiger partial charge in [-0.3, -0.25) is 9.69 Å². The van der Waals surface area contributed by atoms with Gasteiger partial charge < -0.3 is 9.80 Å². The Bertz CT molecular complexity index is 972. The fraction of sp³-hybridized carbons (Fsp3) is 0.522. The zero-order chi connectivity index (χ0) is 21.4. The molecule has 0 atom stereocenters. The number of hydrogen-bond acceptors (Lipinski definition) is 5. The molecular weight excluding hydrogens is 400 g/mol. The van der Waals surface area contributed by atoms with Crippen LogP contribution in [0.15, 0.2) is 24.4 Å². The van der Waals surface area contributed by atoms with Gasteiger partial charge in [0.05, 0.1) is 5.69 Å². The Morgan fingerprint density at radius 3 is 2.45 bits per heavy atom. The molecule has 1 aromatic heterocycles. The lowest BCUT2D eigenvalue weighted by molar-refractivity contribution is 0.0762. The first kappa shape index (κ1) is 20.3. The van der Waals surface area contributed by atoms with E-state index >= 15 is 0 Å². The molecular formula is C23H27F2N5O. The monoisotopic (exact) mass is 427 g/mol. The third kappa shape index (κ3) is 4.13. The molecule has 0 radical (unpaired) electrons. The van der Waals surface area contributed by atoms with Crippen molar-refractivity contribution < 1.29 is 13.6 Å². The van der Waals surface area contributed by atoms with Gasteiger partial charge in [0.25, 0.3) is 5.91 Å². The van der Waals surface area contributed by atoms with Gasteiger partial charge in [0, 0.05) is 63.5 Å². The molecule has 0 bridgehead atoms. The number of anilines is 1. The molecule has 1 saturated carbocycles. The maximum atomic E-state index is 13.5. The largest absolute Gasteiger partial charge is 0.338 e. The van der Waals surface area contributed by atoms with Crippen molar-refractivity contribution in [3.8, 4) is 0 Å². The van der Waals surface area contributed by atoms with Crippen LogP contribution in [0.25, 0.3) is 0 Å². The number of halogens is 2. The summed E-state index contributed by atoms with van der Waals surface area (Å²) in [6, 6.07) is 4.07. The summed E-state index contributed by atoms with van der Waals surface area (Å²) >= 11 is 0. The van der Waals surface area contributed by atoms with Crippen molar-refractivity contribution in [2.24, 2.45) is 0 Å². The Balaban J connectivity index is 1.24. The van der Waals surface area contributed by atoms with Crippen molar-refractivity contribution in [2.75, 3.05) is 44.2 Å². The van der Waals surface area contributed by atoms with Crippen molar-refractivity contribution in [2.45, 2.75) is 38.1 Å². The standard InChI is InChI=1S/C23H27F2N5O/c24-19-5-4-16(14-20(19)25)22(31)29-8-6-17-15-26-23(27-21(17)7-9-29)30-12-10-28(11-13-30)18-2-1-3-18/h4-5,14-15,18H,1-3,6-13H2. The predicted octanol–water partition coefficient (Wildman–Crippen LogP) is 2.67. The number of rotatable bonds is 3. The van der Waals surface area contributed by atoms with E-state index in [4.69, 9.17) is 4.98 Å². The van der Waals surface area contributed by atoms with E-state index in [-0.39, 0.29) is 11.5 Å². The maximum absolute atomic E-state index is 13.5. The molecule has 1 saturated heterocycles. The number of amides is 1. The number of aromatic nitrogens is 2. The fourth-order valence-corrected chi connectivity index (χ4v) is 4.67. The van der Waals surface area contributed by atoms with Crippen molar-refractivity contribution >= 4 is 11.9 Å². The molecule has 1 amide bonds. The highest BCUT2D eigenvalue weighted by atomic mass is 19.2. The van der Waals surface area contributed by atoms with Crippen molar-refractivity contribution in [3.63, 3.8) is 0 Å². The lowest BCUT2D eigenvalue weighted by Gasteiger charge is -2.43. The van der Waals surface area contributed by atoms with Crippen LogP contribution in [-0.4, -0.2) is 71.0 Å². The van der Waals surface area contributed by atoms with Crippen LogP contribution >= 0.6 is 0 Å². The summed E-state index contributed by atoms with van der Waals surface area (Å²) < 4.78 is 26.7. The second kappa shape index (κ2) is 8.49. The SMILES string of the molecule is O=C(c1ccc(F)c(F)c1)N1CCc2cnc(N3CCN(C4CCC4)CC3)nc2CC1. The van der Waals surface area contributed by atoms with Crippen LogP contribution in [-0.2, 0) is 12.8 Å². The molecule has 0 unspecified atom stereocenters. The molecule has 8 heteroatoms. The van der Waals surface area contributed by atoms with Crippen LogP contribution in [0.4, 0.5) is 14.7 Å². The van der Waals surface area contributed by atoms with E-state index in [1.807, 2.05) is 6.20 Å². The molecule has 3 heterocycles. The van der Waals surface area contributed by atoms with E-state index in [9.17, 15) is 13.6 Å². The number of hydrogen-bond donors (Lipinski definition) is 0. The average molecular weight is 427 g/mol. The number of carbonyl (C=O) groups is 1. The van der Waals surface area contributed by atoms with Gasteiger partial charge in [0.1, 0.15) is 0 Å². The van der Waals surface area contributed by atoms with E-state index in [0.29, 0.717) is 25.9 Å². The molecule has 2 aromatic rings. The number of benzene rings is 1. The van der Waals surface area contributed by atoms with Crippen molar-refractivity contribution in [1.82, 2.24) is 19.8 Å². The lowest BCUT2D eigenvalue weighted by Crippen LogP contribution is -2.52. The first-order chi connectivity index (χ1) is 15.1. The van der Waals surface area contributed by atoms with Gasteiger partial charge in [0.15, 0.2) is 11.6 Å². The van der Waals surface area contributed by atoms with Crippen molar-refractivity contribution in [3.05, 3.63) is 52.9 Å². The van der Waals surface area contributed by atoms with Gasteiger partial charge in [0.2, 0.25) is 5.95 Å². The van der Waals surface area contributed by atoms with Gasteiger partial charge in [-0.2, -0.15) is 0 Å². The Kier molecular flexibility index (Phi) is 5.56. The molecule has 6 nitrogen and oxygen atoms in total. The third-order valence-electron chi connectivity index (χ3n) is 6.85. The molecule has 3 aliphatic rings. The quantitative estimate of drug-likeness (QED) is 0.754. The van der Waals surface area contributed by atoms with E-state index in [2.05, 4.69) is 14.8 Å². The number of fused-ring (bicyclic) bond motifs is 1. The van der Waals surface area contributed by atoms with Gasteiger partial charge in [-0.1, -0.05) is 6.42 Å². The minimum Gasteiger partial charge on any atom is -0.338 e. The van der Waals surface area contributed by atoms with Gasteiger partial charge in [-0.25, -0.2) is 18.7 Å². The van der Waals surface area contributed by atoms with E-state index in [1.54, 1.807) is 4.90 Å². The van der Waals surface area contributed by atoms with Gasteiger partial charge in [-0.05, 0) is 43.0 Å². The molecule has 1 aliphatic carbocycles. The summed E-state index contributed by atoms with van der Waals surface area (Å²) in [5.74, 6) is -1.47. The zero-order valence-corrected chi connectivity index (χ0v) is 17.6. The highest BCUT2D eigenvalue weighted by Crippen LogP contribution is 2.26. The zero-order valence-electron chi connectivity index (χ0n) is 17.6. The smallest absolute Gasteiger partial charge is 0.253 e. The van der Waals surface area contributed by atoms with Gasteiger partial charge in [-0.15, -0.1) is 0 Å². The summed E-state index contributed by atoms with van der Waals surface area (Å²) in [6.07, 6.45) is 7.18. The normalized spacial score (nSPS) is 20.2. The molecule has 5 rings (SSSR count). The van der Waals surface area contributed by atoms with Gasteiger partial charge >= 0.3 is 0 Å². The Morgan fingerprint density at radius 2 is 1.74 bits per heavy atom. The van der Waals surface area contributed by atoms with Crippen LogP contribution < -0.4 is 4.90 Å². The molecule has 2 aliphatic heterocycles.